The van der Waals surface area contributed by atoms with E-state index in [2.05, 4.69) is 15.1 Å². The zero-order valence-corrected chi connectivity index (χ0v) is 15.0. The number of likely N-dealkylation sites (tertiary alicyclic amines) is 1. The van der Waals surface area contributed by atoms with Crippen LogP contribution in [0, 0.1) is 0 Å². The minimum Gasteiger partial charge on any atom is -0.380 e. The molecule has 1 saturated heterocycles. The number of nitrogens with zero attached hydrogens (tertiary/aromatic N) is 5. The Morgan fingerprint density at radius 2 is 2.12 bits per heavy atom. The molecular formula is C17H29N5O2. The average molecular weight is 335 g/mol. The van der Waals surface area contributed by atoms with Gasteiger partial charge in [0, 0.05) is 33.8 Å². The first-order chi connectivity index (χ1) is 11.6. The second kappa shape index (κ2) is 7.61. The molecule has 1 amide bonds. The molecule has 2 aliphatic rings. The number of hydrogen-bond donors (Lipinski definition) is 0. The Bertz CT molecular complexity index is 555. The van der Waals surface area contributed by atoms with Gasteiger partial charge in [-0.1, -0.05) is 19.3 Å². The third-order valence-electron chi connectivity index (χ3n) is 5.60. The van der Waals surface area contributed by atoms with Gasteiger partial charge in [-0.25, -0.2) is 0 Å². The van der Waals surface area contributed by atoms with E-state index in [0.717, 1.165) is 31.6 Å². The van der Waals surface area contributed by atoms with E-state index in [0.29, 0.717) is 12.6 Å². The normalized spacial score (nSPS) is 26.0. The van der Waals surface area contributed by atoms with Crippen molar-refractivity contribution in [2.45, 2.75) is 56.7 Å². The molecule has 0 spiro atoms. The van der Waals surface area contributed by atoms with E-state index in [1.165, 1.54) is 19.3 Å². The van der Waals surface area contributed by atoms with Gasteiger partial charge in [0.1, 0.15) is 12.2 Å². The first kappa shape index (κ1) is 17.4. The van der Waals surface area contributed by atoms with Gasteiger partial charge in [-0.15, -0.1) is 10.2 Å². The quantitative estimate of drug-likeness (QED) is 0.813. The standard InChI is InChI=1S/C17H29N5O2/c1-20-12-18-19-17(20)15-9-14(24-3)10-22(15)11-16(23)21(2)13-7-5-4-6-8-13/h12-15H,4-11H2,1-3H3/t14-,15+/m1/s1. The molecule has 2 fully saturated rings. The molecule has 0 bridgehead atoms. The van der Waals surface area contributed by atoms with E-state index in [9.17, 15) is 4.79 Å². The molecule has 7 nitrogen and oxygen atoms in total. The third kappa shape index (κ3) is 3.62. The summed E-state index contributed by atoms with van der Waals surface area (Å²) in [7, 11) is 5.64. The summed E-state index contributed by atoms with van der Waals surface area (Å²) in [5, 5.41) is 8.24. The van der Waals surface area contributed by atoms with Crippen LogP contribution in [0.25, 0.3) is 0 Å². The van der Waals surface area contributed by atoms with Crippen molar-refractivity contribution < 1.29 is 9.53 Å². The van der Waals surface area contributed by atoms with Gasteiger partial charge in [0.15, 0.2) is 0 Å². The summed E-state index contributed by atoms with van der Waals surface area (Å²) in [4.78, 5) is 17.0. The molecule has 1 aromatic rings. The molecule has 0 unspecified atom stereocenters. The van der Waals surface area contributed by atoms with Crippen molar-refractivity contribution in [2.75, 3.05) is 27.2 Å². The number of rotatable bonds is 5. The number of carbonyl (C=O) groups is 1. The molecule has 1 saturated carbocycles. The van der Waals surface area contributed by atoms with Gasteiger partial charge in [0.25, 0.3) is 0 Å². The van der Waals surface area contributed by atoms with Gasteiger partial charge >= 0.3 is 0 Å². The van der Waals surface area contributed by atoms with Crippen molar-refractivity contribution in [2.24, 2.45) is 7.05 Å². The van der Waals surface area contributed by atoms with Gasteiger partial charge < -0.3 is 14.2 Å². The second-order valence-electron chi connectivity index (χ2n) is 7.14. The van der Waals surface area contributed by atoms with Gasteiger partial charge in [0.2, 0.25) is 5.91 Å². The van der Waals surface area contributed by atoms with Crippen molar-refractivity contribution in [3.05, 3.63) is 12.2 Å². The Kier molecular flexibility index (Phi) is 5.50. The number of carbonyl (C=O) groups excluding carboxylic acids is 1. The maximum atomic E-state index is 12.8. The highest BCUT2D eigenvalue weighted by molar-refractivity contribution is 5.78. The summed E-state index contributed by atoms with van der Waals surface area (Å²) in [5.74, 6) is 1.11. The number of methoxy groups -OCH3 is 1. The smallest absolute Gasteiger partial charge is 0.236 e. The predicted octanol–water partition coefficient (Wildman–Crippen LogP) is 1.37. The highest BCUT2D eigenvalue weighted by Crippen LogP contribution is 2.32. The van der Waals surface area contributed by atoms with E-state index in [-0.39, 0.29) is 18.1 Å². The maximum Gasteiger partial charge on any atom is 0.236 e. The first-order valence-corrected chi connectivity index (χ1v) is 8.96. The van der Waals surface area contributed by atoms with Crippen LogP contribution in [-0.2, 0) is 16.6 Å². The van der Waals surface area contributed by atoms with Crippen LogP contribution >= 0.6 is 0 Å². The monoisotopic (exact) mass is 335 g/mol. The summed E-state index contributed by atoms with van der Waals surface area (Å²) >= 11 is 0. The Morgan fingerprint density at radius 3 is 2.75 bits per heavy atom. The fraction of sp³-hybridized carbons (Fsp3) is 0.824. The second-order valence-corrected chi connectivity index (χ2v) is 7.14. The first-order valence-electron chi connectivity index (χ1n) is 8.96. The van der Waals surface area contributed by atoms with Crippen LogP contribution in [0.15, 0.2) is 6.33 Å². The lowest BCUT2D eigenvalue weighted by Gasteiger charge is -2.33. The molecular weight excluding hydrogens is 306 g/mol. The van der Waals surface area contributed by atoms with Crippen molar-refractivity contribution in [3.8, 4) is 0 Å². The fourth-order valence-corrected chi connectivity index (χ4v) is 4.03. The third-order valence-corrected chi connectivity index (χ3v) is 5.60. The SMILES string of the molecule is CO[C@@H]1C[C@@H](c2nncn2C)N(CC(=O)N(C)C2CCCCC2)C1. The lowest BCUT2D eigenvalue weighted by Crippen LogP contribution is -2.44. The molecule has 134 valence electrons. The van der Waals surface area contributed by atoms with E-state index in [1.54, 1.807) is 13.4 Å². The molecule has 1 aromatic heterocycles. The molecule has 1 aliphatic heterocycles. The van der Waals surface area contributed by atoms with Crippen LogP contribution in [0.5, 0.6) is 0 Å². The van der Waals surface area contributed by atoms with Crippen LogP contribution in [0.2, 0.25) is 0 Å². The topological polar surface area (TPSA) is 63.5 Å². The summed E-state index contributed by atoms with van der Waals surface area (Å²) in [6.45, 7) is 1.18. The maximum absolute atomic E-state index is 12.8. The van der Waals surface area contributed by atoms with Crippen LogP contribution in [0.4, 0.5) is 0 Å². The van der Waals surface area contributed by atoms with Gasteiger partial charge in [-0.05, 0) is 19.3 Å². The highest BCUT2D eigenvalue weighted by Gasteiger charge is 2.37. The summed E-state index contributed by atoms with van der Waals surface area (Å²) < 4.78 is 7.48. The number of hydrogen-bond acceptors (Lipinski definition) is 5. The molecule has 1 aliphatic carbocycles. The summed E-state index contributed by atoms with van der Waals surface area (Å²) in [6, 6.07) is 0.492. The number of aromatic nitrogens is 3. The summed E-state index contributed by atoms with van der Waals surface area (Å²) in [5.41, 5.74) is 0. The fourth-order valence-electron chi connectivity index (χ4n) is 4.03. The molecule has 2 atom stereocenters. The van der Waals surface area contributed by atoms with Crippen LogP contribution in [0.3, 0.4) is 0 Å². The highest BCUT2D eigenvalue weighted by atomic mass is 16.5. The van der Waals surface area contributed by atoms with Gasteiger partial charge in [-0.2, -0.15) is 0 Å². The molecule has 24 heavy (non-hydrogen) atoms. The molecule has 7 heteroatoms. The predicted molar refractivity (Wildman–Crippen MR) is 90.4 cm³/mol. The molecule has 3 rings (SSSR count). The van der Waals surface area contributed by atoms with Crippen LogP contribution in [0.1, 0.15) is 50.4 Å². The van der Waals surface area contributed by atoms with Crippen LogP contribution in [-0.4, -0.2) is 69.9 Å². The minimum atomic E-state index is 0.0890. The van der Waals surface area contributed by atoms with E-state index >= 15 is 0 Å². The number of amides is 1. The Labute approximate surface area is 144 Å². The van der Waals surface area contributed by atoms with Crippen LogP contribution < -0.4 is 0 Å². The van der Waals surface area contributed by atoms with E-state index in [4.69, 9.17) is 4.74 Å². The van der Waals surface area contributed by atoms with E-state index < -0.39 is 0 Å². The van der Waals surface area contributed by atoms with Crippen molar-refractivity contribution >= 4 is 5.91 Å². The minimum absolute atomic E-state index is 0.0890. The van der Waals surface area contributed by atoms with E-state index in [1.807, 2.05) is 23.6 Å². The molecule has 0 N–H and O–H groups in total. The zero-order valence-electron chi connectivity index (χ0n) is 15.0. The summed E-state index contributed by atoms with van der Waals surface area (Å²) in [6.07, 6.45) is 8.74. The average Bonchev–Trinajstić information content (AvgIpc) is 3.20. The number of aryl methyl sites for hydroxylation is 1. The van der Waals surface area contributed by atoms with Crippen molar-refractivity contribution in [1.29, 1.82) is 0 Å². The number of likely N-dealkylation sites (N-methyl/N-ethyl adjacent to an activating group) is 1. The Morgan fingerprint density at radius 1 is 1.38 bits per heavy atom. The number of ether oxygens (including phenoxy) is 1. The Hall–Kier alpha value is -1.47. The lowest BCUT2D eigenvalue weighted by atomic mass is 9.94. The largest absolute Gasteiger partial charge is 0.380 e. The molecule has 0 radical (unpaired) electrons. The Balaban J connectivity index is 1.67. The van der Waals surface area contributed by atoms with Gasteiger partial charge in [0.05, 0.1) is 18.7 Å². The van der Waals surface area contributed by atoms with Crippen molar-refractivity contribution in [1.82, 2.24) is 24.6 Å². The van der Waals surface area contributed by atoms with Gasteiger partial charge in [-0.3, -0.25) is 9.69 Å². The lowest BCUT2D eigenvalue weighted by molar-refractivity contribution is -0.134. The zero-order chi connectivity index (χ0) is 17.1. The molecule has 2 heterocycles. The van der Waals surface area contributed by atoms with Crippen molar-refractivity contribution in [3.63, 3.8) is 0 Å². The molecule has 0 aromatic carbocycles.